The first-order valence-electron chi connectivity index (χ1n) is 9.40. The first-order valence-corrected chi connectivity index (χ1v) is 9.40. The molecule has 0 fully saturated rings. The zero-order valence-electron chi connectivity index (χ0n) is 16.6. The number of carbonyl (C=O) groups excluding carboxylic acids is 2. The largest absolute Gasteiger partial charge is 0.497 e. The fraction of sp³-hybridized carbons (Fsp3) is 0.0833. The van der Waals surface area contributed by atoms with Crippen LogP contribution in [-0.4, -0.2) is 18.9 Å². The summed E-state index contributed by atoms with van der Waals surface area (Å²) in [5.74, 6) is 0.413. The fourth-order valence-corrected chi connectivity index (χ4v) is 3.16. The van der Waals surface area contributed by atoms with Gasteiger partial charge in [-0.2, -0.15) is 0 Å². The number of benzene rings is 3. The summed E-state index contributed by atoms with van der Waals surface area (Å²) in [5, 5.41) is 6.54. The normalized spacial score (nSPS) is 10.6. The number of methoxy groups -OCH3 is 1. The fourth-order valence-electron chi connectivity index (χ4n) is 3.16. The van der Waals surface area contributed by atoms with Gasteiger partial charge < -0.3 is 19.8 Å². The van der Waals surface area contributed by atoms with Crippen LogP contribution in [0.25, 0.3) is 11.0 Å². The van der Waals surface area contributed by atoms with Gasteiger partial charge in [-0.1, -0.05) is 18.2 Å². The lowest BCUT2D eigenvalue weighted by Gasteiger charge is -2.08. The summed E-state index contributed by atoms with van der Waals surface area (Å²) >= 11 is 0. The molecule has 0 saturated heterocycles. The van der Waals surface area contributed by atoms with E-state index in [1.165, 1.54) is 0 Å². The molecule has 0 aliphatic heterocycles. The highest BCUT2D eigenvalue weighted by Crippen LogP contribution is 2.25. The molecule has 1 aromatic heterocycles. The maximum Gasteiger partial charge on any atom is 0.291 e. The van der Waals surface area contributed by atoms with Gasteiger partial charge in [-0.3, -0.25) is 9.59 Å². The molecule has 0 unspecified atom stereocenters. The molecule has 3 aromatic carbocycles. The smallest absolute Gasteiger partial charge is 0.291 e. The predicted molar refractivity (Wildman–Crippen MR) is 116 cm³/mol. The second-order valence-electron chi connectivity index (χ2n) is 6.77. The molecule has 0 radical (unpaired) electrons. The third-order valence-electron chi connectivity index (χ3n) is 4.80. The summed E-state index contributed by atoms with van der Waals surface area (Å²) in [6.45, 7) is 1.85. The molecule has 0 aliphatic rings. The maximum absolute atomic E-state index is 12.6. The minimum atomic E-state index is -0.334. The molecule has 1 heterocycles. The Morgan fingerprint density at radius 1 is 0.800 bits per heavy atom. The van der Waals surface area contributed by atoms with Crippen molar-refractivity contribution in [3.63, 3.8) is 0 Å². The topological polar surface area (TPSA) is 80.6 Å². The number of hydrogen-bond donors (Lipinski definition) is 2. The zero-order valence-corrected chi connectivity index (χ0v) is 16.6. The van der Waals surface area contributed by atoms with Crippen molar-refractivity contribution in [2.75, 3.05) is 17.7 Å². The number of fused-ring (bicyclic) bond motifs is 1. The van der Waals surface area contributed by atoms with Crippen molar-refractivity contribution < 1.29 is 18.7 Å². The average molecular weight is 400 g/mol. The lowest BCUT2D eigenvalue weighted by Crippen LogP contribution is -2.14. The van der Waals surface area contributed by atoms with Gasteiger partial charge in [0.15, 0.2) is 5.76 Å². The van der Waals surface area contributed by atoms with Gasteiger partial charge >= 0.3 is 0 Å². The van der Waals surface area contributed by atoms with E-state index in [9.17, 15) is 9.59 Å². The molecule has 0 spiro atoms. The first kappa shape index (κ1) is 19.3. The van der Waals surface area contributed by atoms with Gasteiger partial charge in [0.1, 0.15) is 11.3 Å². The van der Waals surface area contributed by atoms with Crippen LogP contribution in [0.15, 0.2) is 77.2 Å². The standard InChI is InChI=1S/C24H20N2O4/c1-15-20-5-3-4-6-21(20)30-22(15)24(28)26-17-9-7-16(8-10-17)23(27)25-18-11-13-19(29-2)14-12-18/h3-14H,1-2H3,(H,25,27)(H,26,28). The Labute approximate surface area is 173 Å². The molecule has 0 bridgehead atoms. The molecule has 150 valence electrons. The van der Waals surface area contributed by atoms with Crippen LogP contribution in [0, 0.1) is 6.92 Å². The molecule has 6 nitrogen and oxygen atoms in total. The van der Waals surface area contributed by atoms with Crippen LogP contribution < -0.4 is 15.4 Å². The van der Waals surface area contributed by atoms with Crippen molar-refractivity contribution in [1.29, 1.82) is 0 Å². The van der Waals surface area contributed by atoms with Crippen LogP contribution in [0.2, 0.25) is 0 Å². The minimum Gasteiger partial charge on any atom is -0.497 e. The van der Waals surface area contributed by atoms with E-state index in [0.29, 0.717) is 28.3 Å². The average Bonchev–Trinajstić information content (AvgIpc) is 3.11. The van der Waals surface area contributed by atoms with E-state index in [4.69, 9.17) is 9.15 Å². The molecule has 6 heteroatoms. The van der Waals surface area contributed by atoms with Crippen LogP contribution in [0.5, 0.6) is 5.75 Å². The van der Waals surface area contributed by atoms with E-state index in [1.54, 1.807) is 55.6 Å². The van der Waals surface area contributed by atoms with E-state index < -0.39 is 0 Å². The van der Waals surface area contributed by atoms with E-state index in [0.717, 1.165) is 10.9 Å². The van der Waals surface area contributed by atoms with Crippen molar-refractivity contribution in [2.24, 2.45) is 0 Å². The maximum atomic E-state index is 12.6. The number of para-hydroxylation sites is 1. The Morgan fingerprint density at radius 2 is 1.40 bits per heavy atom. The minimum absolute atomic E-state index is 0.244. The molecule has 0 aliphatic carbocycles. The number of hydrogen-bond acceptors (Lipinski definition) is 4. The summed E-state index contributed by atoms with van der Waals surface area (Å²) < 4.78 is 10.8. The lowest BCUT2D eigenvalue weighted by molar-refractivity contribution is 0.0996. The lowest BCUT2D eigenvalue weighted by atomic mass is 10.1. The number of anilines is 2. The second-order valence-corrected chi connectivity index (χ2v) is 6.77. The second kappa shape index (κ2) is 8.13. The van der Waals surface area contributed by atoms with E-state index in [1.807, 2.05) is 31.2 Å². The molecular weight excluding hydrogens is 380 g/mol. The molecule has 0 atom stereocenters. The summed E-state index contributed by atoms with van der Waals surface area (Å²) in [5.41, 5.74) is 3.17. The first-order chi connectivity index (χ1) is 14.5. The van der Waals surface area contributed by atoms with E-state index in [2.05, 4.69) is 10.6 Å². The molecular formula is C24H20N2O4. The third-order valence-corrected chi connectivity index (χ3v) is 4.80. The van der Waals surface area contributed by atoms with Crippen molar-refractivity contribution in [3.05, 3.63) is 89.7 Å². The Hall–Kier alpha value is -4.06. The van der Waals surface area contributed by atoms with Crippen molar-refractivity contribution in [1.82, 2.24) is 0 Å². The summed E-state index contributed by atoms with van der Waals surface area (Å²) in [4.78, 5) is 25.0. The van der Waals surface area contributed by atoms with Gasteiger partial charge in [0, 0.05) is 27.9 Å². The van der Waals surface area contributed by atoms with Gasteiger partial charge in [-0.05, 0) is 61.5 Å². The number of furan rings is 1. The number of rotatable bonds is 5. The number of ether oxygens (including phenoxy) is 1. The van der Waals surface area contributed by atoms with Gasteiger partial charge in [-0.25, -0.2) is 0 Å². The molecule has 4 rings (SSSR count). The van der Waals surface area contributed by atoms with Crippen LogP contribution in [-0.2, 0) is 0 Å². The van der Waals surface area contributed by atoms with Crippen molar-refractivity contribution in [3.8, 4) is 5.75 Å². The number of carbonyl (C=O) groups is 2. The molecule has 30 heavy (non-hydrogen) atoms. The number of nitrogens with one attached hydrogen (secondary N) is 2. The molecule has 4 aromatic rings. The molecule has 2 N–H and O–H groups in total. The SMILES string of the molecule is COc1ccc(NC(=O)c2ccc(NC(=O)c3oc4ccccc4c3C)cc2)cc1. The van der Waals surface area contributed by atoms with Crippen LogP contribution in [0.4, 0.5) is 11.4 Å². The number of amides is 2. The van der Waals surface area contributed by atoms with Crippen molar-refractivity contribution in [2.45, 2.75) is 6.92 Å². The van der Waals surface area contributed by atoms with Crippen LogP contribution >= 0.6 is 0 Å². The van der Waals surface area contributed by atoms with Gasteiger partial charge in [0.05, 0.1) is 7.11 Å². The van der Waals surface area contributed by atoms with Gasteiger partial charge in [0.2, 0.25) is 0 Å². The van der Waals surface area contributed by atoms with Crippen LogP contribution in [0.1, 0.15) is 26.5 Å². The van der Waals surface area contributed by atoms with Gasteiger partial charge in [0.25, 0.3) is 11.8 Å². The molecule has 0 saturated carbocycles. The Bertz CT molecular complexity index is 1210. The highest BCUT2D eigenvalue weighted by molar-refractivity contribution is 6.07. The molecule has 2 amide bonds. The van der Waals surface area contributed by atoms with Crippen LogP contribution in [0.3, 0.4) is 0 Å². The zero-order chi connectivity index (χ0) is 21.1. The Kier molecular flexibility index (Phi) is 5.22. The third kappa shape index (κ3) is 3.89. The summed E-state index contributed by atoms with van der Waals surface area (Å²) in [6, 6.07) is 21.3. The Balaban J connectivity index is 1.44. The van der Waals surface area contributed by atoms with E-state index in [-0.39, 0.29) is 17.6 Å². The highest BCUT2D eigenvalue weighted by Gasteiger charge is 2.17. The predicted octanol–water partition coefficient (Wildman–Crippen LogP) is 5.25. The van der Waals surface area contributed by atoms with Crippen molar-refractivity contribution >= 4 is 34.2 Å². The summed E-state index contributed by atoms with van der Waals surface area (Å²) in [7, 11) is 1.59. The number of aryl methyl sites for hydroxylation is 1. The van der Waals surface area contributed by atoms with E-state index >= 15 is 0 Å². The quantitative estimate of drug-likeness (QED) is 0.479. The Morgan fingerprint density at radius 3 is 2.03 bits per heavy atom. The summed E-state index contributed by atoms with van der Waals surface area (Å²) in [6.07, 6.45) is 0. The van der Waals surface area contributed by atoms with Gasteiger partial charge in [-0.15, -0.1) is 0 Å². The monoisotopic (exact) mass is 400 g/mol. The highest BCUT2D eigenvalue weighted by atomic mass is 16.5.